The third-order valence-corrected chi connectivity index (χ3v) is 3.12. The highest BCUT2D eigenvalue weighted by Gasteiger charge is 2.14. The molecule has 1 N–H and O–H groups in total. The maximum absolute atomic E-state index is 11.2. The van der Waals surface area contributed by atoms with Gasteiger partial charge in [-0.15, -0.1) is 0 Å². The first-order valence-corrected chi connectivity index (χ1v) is 6.45. The minimum absolute atomic E-state index is 0.0831. The monoisotopic (exact) mass is 283 g/mol. The lowest BCUT2D eigenvalue weighted by atomic mass is 10.1. The summed E-state index contributed by atoms with van der Waals surface area (Å²) < 4.78 is 11.2. The topological polar surface area (TPSA) is 72.6 Å². The van der Waals surface area contributed by atoms with Gasteiger partial charge in [0.05, 0.1) is 0 Å². The molecule has 0 aliphatic heterocycles. The SMILES string of the molecule is Cc1cccc(C(=O)O)c1OCc1nc2ccccc2o1. The molecule has 0 radical (unpaired) electrons. The molecule has 0 bridgehead atoms. The summed E-state index contributed by atoms with van der Waals surface area (Å²) in [4.78, 5) is 15.5. The van der Waals surface area contributed by atoms with E-state index in [1.165, 1.54) is 6.07 Å². The van der Waals surface area contributed by atoms with Crippen LogP contribution in [-0.2, 0) is 6.61 Å². The number of fused-ring (bicyclic) bond motifs is 1. The van der Waals surface area contributed by atoms with Gasteiger partial charge in [-0.05, 0) is 30.7 Å². The van der Waals surface area contributed by atoms with Gasteiger partial charge in [0.2, 0.25) is 5.89 Å². The lowest BCUT2D eigenvalue weighted by Gasteiger charge is -2.10. The van der Waals surface area contributed by atoms with Crippen molar-refractivity contribution in [2.24, 2.45) is 0 Å². The maximum Gasteiger partial charge on any atom is 0.339 e. The molecule has 0 atom stereocenters. The molecule has 2 aromatic carbocycles. The van der Waals surface area contributed by atoms with Crippen molar-refractivity contribution >= 4 is 17.1 Å². The molecular weight excluding hydrogens is 270 g/mol. The van der Waals surface area contributed by atoms with Crippen molar-refractivity contribution in [1.82, 2.24) is 4.98 Å². The summed E-state index contributed by atoms with van der Waals surface area (Å²) in [6.07, 6.45) is 0. The van der Waals surface area contributed by atoms with E-state index in [-0.39, 0.29) is 12.2 Å². The highest BCUT2D eigenvalue weighted by Crippen LogP contribution is 2.25. The number of rotatable bonds is 4. The van der Waals surface area contributed by atoms with E-state index in [2.05, 4.69) is 4.98 Å². The molecule has 106 valence electrons. The fourth-order valence-corrected chi connectivity index (χ4v) is 2.13. The smallest absolute Gasteiger partial charge is 0.339 e. The minimum Gasteiger partial charge on any atom is -0.483 e. The summed E-state index contributed by atoms with van der Waals surface area (Å²) in [5.41, 5.74) is 2.32. The zero-order chi connectivity index (χ0) is 14.8. The van der Waals surface area contributed by atoms with Crippen LogP contribution in [0.15, 0.2) is 46.9 Å². The molecule has 0 saturated heterocycles. The molecule has 0 spiro atoms. The van der Waals surface area contributed by atoms with Crippen LogP contribution in [0.5, 0.6) is 5.75 Å². The Morgan fingerprint density at radius 3 is 2.81 bits per heavy atom. The Morgan fingerprint density at radius 1 is 1.24 bits per heavy atom. The fourth-order valence-electron chi connectivity index (χ4n) is 2.13. The third kappa shape index (κ3) is 2.58. The largest absolute Gasteiger partial charge is 0.483 e. The van der Waals surface area contributed by atoms with Crippen LogP contribution in [0.3, 0.4) is 0 Å². The Hall–Kier alpha value is -2.82. The molecule has 0 unspecified atom stereocenters. The van der Waals surface area contributed by atoms with E-state index < -0.39 is 5.97 Å². The van der Waals surface area contributed by atoms with Crippen molar-refractivity contribution in [3.63, 3.8) is 0 Å². The molecule has 0 fully saturated rings. The standard InChI is InChI=1S/C16H13NO4/c1-10-5-4-6-11(16(18)19)15(10)20-9-14-17-12-7-2-3-8-13(12)21-14/h2-8H,9H2,1H3,(H,18,19). The quantitative estimate of drug-likeness (QED) is 0.794. The first-order valence-electron chi connectivity index (χ1n) is 6.45. The zero-order valence-electron chi connectivity index (χ0n) is 11.4. The van der Waals surface area contributed by atoms with E-state index in [0.29, 0.717) is 17.2 Å². The number of hydrogen-bond acceptors (Lipinski definition) is 4. The fraction of sp³-hybridized carbons (Fsp3) is 0.125. The molecule has 21 heavy (non-hydrogen) atoms. The molecule has 0 aliphatic carbocycles. The van der Waals surface area contributed by atoms with Crippen molar-refractivity contribution in [2.75, 3.05) is 0 Å². The van der Waals surface area contributed by atoms with Crippen molar-refractivity contribution < 1.29 is 19.1 Å². The molecule has 1 aromatic heterocycles. The number of aryl methyl sites for hydroxylation is 1. The zero-order valence-corrected chi connectivity index (χ0v) is 11.4. The van der Waals surface area contributed by atoms with Gasteiger partial charge in [-0.3, -0.25) is 0 Å². The van der Waals surface area contributed by atoms with E-state index in [1.807, 2.05) is 24.3 Å². The van der Waals surface area contributed by atoms with Crippen LogP contribution in [0.2, 0.25) is 0 Å². The normalized spacial score (nSPS) is 10.7. The molecule has 0 amide bonds. The second kappa shape index (κ2) is 5.28. The lowest BCUT2D eigenvalue weighted by Crippen LogP contribution is -2.05. The van der Waals surface area contributed by atoms with E-state index in [9.17, 15) is 9.90 Å². The Morgan fingerprint density at radius 2 is 2.05 bits per heavy atom. The van der Waals surface area contributed by atoms with Crippen LogP contribution in [0.25, 0.3) is 11.1 Å². The number of carboxylic acid groups (broad SMARTS) is 1. The predicted molar refractivity (Wildman–Crippen MR) is 76.5 cm³/mol. The van der Waals surface area contributed by atoms with Gasteiger partial charge in [-0.1, -0.05) is 24.3 Å². The van der Waals surface area contributed by atoms with Gasteiger partial charge >= 0.3 is 5.97 Å². The van der Waals surface area contributed by atoms with Crippen LogP contribution in [0.4, 0.5) is 0 Å². The summed E-state index contributed by atoms with van der Waals surface area (Å²) in [6.45, 7) is 1.88. The second-order valence-corrected chi connectivity index (χ2v) is 4.62. The highest BCUT2D eigenvalue weighted by molar-refractivity contribution is 5.91. The number of carboxylic acids is 1. The van der Waals surface area contributed by atoms with Crippen LogP contribution in [0, 0.1) is 6.92 Å². The molecule has 0 saturated carbocycles. The molecule has 5 heteroatoms. The summed E-state index contributed by atoms with van der Waals surface area (Å²) >= 11 is 0. The van der Waals surface area contributed by atoms with E-state index in [1.54, 1.807) is 19.1 Å². The number of aromatic nitrogens is 1. The van der Waals surface area contributed by atoms with Crippen LogP contribution < -0.4 is 4.74 Å². The van der Waals surface area contributed by atoms with Gasteiger partial charge in [0.1, 0.15) is 16.8 Å². The molecule has 0 aliphatic rings. The maximum atomic E-state index is 11.2. The number of oxazole rings is 1. The Bertz CT molecular complexity index is 774. The Labute approximate surface area is 120 Å². The molecule has 5 nitrogen and oxygen atoms in total. The van der Waals surface area contributed by atoms with E-state index >= 15 is 0 Å². The summed E-state index contributed by atoms with van der Waals surface area (Å²) in [5.74, 6) is -0.269. The number of para-hydroxylation sites is 3. The number of nitrogens with zero attached hydrogens (tertiary/aromatic N) is 1. The molecular formula is C16H13NO4. The van der Waals surface area contributed by atoms with Crippen LogP contribution >= 0.6 is 0 Å². The number of carbonyl (C=O) groups is 1. The lowest BCUT2D eigenvalue weighted by molar-refractivity contribution is 0.0691. The van der Waals surface area contributed by atoms with Gasteiger partial charge in [0.15, 0.2) is 12.2 Å². The van der Waals surface area contributed by atoms with Crippen LogP contribution in [-0.4, -0.2) is 16.1 Å². The number of aromatic carboxylic acids is 1. The van der Waals surface area contributed by atoms with E-state index in [4.69, 9.17) is 9.15 Å². The van der Waals surface area contributed by atoms with Crippen molar-refractivity contribution in [2.45, 2.75) is 13.5 Å². The number of ether oxygens (including phenoxy) is 1. The van der Waals surface area contributed by atoms with Gasteiger partial charge in [0.25, 0.3) is 0 Å². The van der Waals surface area contributed by atoms with Gasteiger partial charge in [0, 0.05) is 0 Å². The summed E-state index contributed by atoms with van der Waals surface area (Å²) in [7, 11) is 0. The Kier molecular flexibility index (Phi) is 3.31. The van der Waals surface area contributed by atoms with Crippen molar-refractivity contribution in [3.8, 4) is 5.75 Å². The summed E-state index contributed by atoms with van der Waals surface area (Å²) in [6, 6.07) is 12.4. The predicted octanol–water partition coefficient (Wildman–Crippen LogP) is 3.41. The molecule has 3 rings (SSSR count). The van der Waals surface area contributed by atoms with Gasteiger partial charge in [-0.2, -0.15) is 0 Å². The average Bonchev–Trinajstić information content (AvgIpc) is 2.88. The van der Waals surface area contributed by atoms with Crippen molar-refractivity contribution in [1.29, 1.82) is 0 Å². The van der Waals surface area contributed by atoms with Crippen molar-refractivity contribution in [3.05, 3.63) is 59.5 Å². The van der Waals surface area contributed by atoms with Gasteiger partial charge in [-0.25, -0.2) is 9.78 Å². The molecule has 1 heterocycles. The highest BCUT2D eigenvalue weighted by atomic mass is 16.5. The van der Waals surface area contributed by atoms with E-state index in [0.717, 1.165) is 11.1 Å². The first-order chi connectivity index (χ1) is 10.1. The summed E-state index contributed by atoms with van der Waals surface area (Å²) in [5, 5.41) is 9.18. The Balaban J connectivity index is 1.86. The van der Waals surface area contributed by atoms with Gasteiger partial charge < -0.3 is 14.3 Å². The number of hydrogen-bond donors (Lipinski definition) is 1. The minimum atomic E-state index is -1.02. The van der Waals surface area contributed by atoms with Crippen LogP contribution in [0.1, 0.15) is 21.8 Å². The number of benzene rings is 2. The molecule has 3 aromatic rings. The second-order valence-electron chi connectivity index (χ2n) is 4.62. The third-order valence-electron chi connectivity index (χ3n) is 3.12. The first kappa shape index (κ1) is 13.2. The average molecular weight is 283 g/mol.